The zero-order valence-corrected chi connectivity index (χ0v) is 11.4. The van der Waals surface area contributed by atoms with Crippen molar-refractivity contribution in [2.24, 2.45) is 0 Å². The summed E-state index contributed by atoms with van der Waals surface area (Å²) in [7, 11) is 4.63. The zero-order valence-electron chi connectivity index (χ0n) is 10.6. The number of rotatable bonds is 4. The highest BCUT2D eigenvalue weighted by atomic mass is 32.1. The molecule has 0 spiro atoms. The van der Waals surface area contributed by atoms with Crippen molar-refractivity contribution in [2.45, 2.75) is 0 Å². The predicted molar refractivity (Wildman–Crippen MR) is 69.7 cm³/mol. The molecule has 0 aliphatic rings. The summed E-state index contributed by atoms with van der Waals surface area (Å²) in [5.41, 5.74) is 0.758. The van der Waals surface area contributed by atoms with Crippen molar-refractivity contribution < 1.29 is 14.2 Å². The second-order valence-corrected chi connectivity index (χ2v) is 4.42. The molecular formula is C12H11N3O3S. The molecule has 7 heteroatoms. The van der Waals surface area contributed by atoms with E-state index in [1.54, 1.807) is 33.5 Å². The third-order valence-corrected chi connectivity index (χ3v) is 3.31. The smallest absolute Gasteiger partial charge is 0.218 e. The maximum atomic E-state index is 8.77. The lowest BCUT2D eigenvalue weighted by molar-refractivity contribution is 0.324. The summed E-state index contributed by atoms with van der Waals surface area (Å²) in [6.07, 6.45) is 0. The van der Waals surface area contributed by atoms with Crippen LogP contribution in [0.2, 0.25) is 0 Å². The Morgan fingerprint density at radius 1 is 1.05 bits per heavy atom. The van der Waals surface area contributed by atoms with Crippen LogP contribution in [0.25, 0.3) is 10.6 Å². The van der Waals surface area contributed by atoms with Gasteiger partial charge in [-0.15, -0.1) is 10.2 Å². The van der Waals surface area contributed by atoms with Crippen LogP contribution in [0.3, 0.4) is 0 Å². The molecule has 0 aliphatic heterocycles. The van der Waals surface area contributed by atoms with Gasteiger partial charge in [-0.25, -0.2) is 0 Å². The van der Waals surface area contributed by atoms with E-state index in [9.17, 15) is 0 Å². The van der Waals surface area contributed by atoms with Gasteiger partial charge >= 0.3 is 0 Å². The number of methoxy groups -OCH3 is 3. The number of hydrogen-bond acceptors (Lipinski definition) is 7. The highest BCUT2D eigenvalue weighted by molar-refractivity contribution is 7.15. The molecule has 2 rings (SSSR count). The van der Waals surface area contributed by atoms with Crippen LogP contribution in [-0.4, -0.2) is 31.5 Å². The van der Waals surface area contributed by atoms with Crippen molar-refractivity contribution in [3.05, 3.63) is 17.1 Å². The topological polar surface area (TPSA) is 77.3 Å². The SMILES string of the molecule is COc1cc(-c2nnc(C#N)s2)cc(OC)c1OC. The number of nitriles is 1. The van der Waals surface area contributed by atoms with Gasteiger partial charge in [-0.2, -0.15) is 5.26 Å². The van der Waals surface area contributed by atoms with Crippen LogP contribution in [0.15, 0.2) is 12.1 Å². The Morgan fingerprint density at radius 3 is 2.11 bits per heavy atom. The monoisotopic (exact) mass is 277 g/mol. The molecule has 1 aromatic heterocycles. The minimum Gasteiger partial charge on any atom is -0.493 e. The van der Waals surface area contributed by atoms with Crippen molar-refractivity contribution in [1.29, 1.82) is 5.26 Å². The number of ether oxygens (including phenoxy) is 3. The third kappa shape index (κ3) is 2.44. The molecule has 2 aromatic rings. The molecule has 0 saturated carbocycles. The number of hydrogen-bond donors (Lipinski definition) is 0. The highest BCUT2D eigenvalue weighted by Gasteiger charge is 2.16. The van der Waals surface area contributed by atoms with Crippen LogP contribution in [0.4, 0.5) is 0 Å². The molecule has 0 aliphatic carbocycles. The number of benzene rings is 1. The van der Waals surface area contributed by atoms with Gasteiger partial charge in [-0.05, 0) is 12.1 Å². The average molecular weight is 277 g/mol. The molecule has 0 radical (unpaired) electrons. The molecular weight excluding hydrogens is 266 g/mol. The van der Waals surface area contributed by atoms with Crippen LogP contribution in [0.1, 0.15) is 5.01 Å². The van der Waals surface area contributed by atoms with Gasteiger partial charge in [0.25, 0.3) is 0 Å². The first-order valence-electron chi connectivity index (χ1n) is 5.27. The van der Waals surface area contributed by atoms with Crippen molar-refractivity contribution in [3.63, 3.8) is 0 Å². The first-order valence-corrected chi connectivity index (χ1v) is 6.09. The summed E-state index contributed by atoms with van der Waals surface area (Å²) in [4.78, 5) is 0. The van der Waals surface area contributed by atoms with Crippen molar-refractivity contribution >= 4 is 11.3 Å². The first kappa shape index (κ1) is 13.1. The van der Waals surface area contributed by atoms with Gasteiger partial charge in [0, 0.05) is 5.56 Å². The minimum absolute atomic E-state index is 0.309. The van der Waals surface area contributed by atoms with E-state index in [1.165, 1.54) is 11.3 Å². The molecule has 6 nitrogen and oxygen atoms in total. The fourth-order valence-electron chi connectivity index (χ4n) is 1.59. The molecule has 0 saturated heterocycles. The maximum absolute atomic E-state index is 8.77. The van der Waals surface area contributed by atoms with E-state index in [2.05, 4.69) is 10.2 Å². The lowest BCUT2D eigenvalue weighted by atomic mass is 10.2. The first-order chi connectivity index (χ1) is 9.23. The predicted octanol–water partition coefficient (Wildman–Crippen LogP) is 2.10. The summed E-state index contributed by atoms with van der Waals surface area (Å²) >= 11 is 1.20. The Hall–Kier alpha value is -2.33. The highest BCUT2D eigenvalue weighted by Crippen LogP contribution is 2.41. The third-order valence-electron chi connectivity index (χ3n) is 2.43. The van der Waals surface area contributed by atoms with Crippen LogP contribution >= 0.6 is 11.3 Å². The zero-order chi connectivity index (χ0) is 13.8. The molecule has 0 fully saturated rings. The van der Waals surface area contributed by atoms with E-state index in [0.29, 0.717) is 27.3 Å². The Balaban J connectivity index is 2.55. The molecule has 0 unspecified atom stereocenters. The van der Waals surface area contributed by atoms with Gasteiger partial charge in [-0.1, -0.05) is 11.3 Å². The normalized spacial score (nSPS) is 9.79. The quantitative estimate of drug-likeness (QED) is 0.851. The lowest BCUT2D eigenvalue weighted by Gasteiger charge is -2.12. The van der Waals surface area contributed by atoms with Crippen LogP contribution < -0.4 is 14.2 Å². The van der Waals surface area contributed by atoms with Gasteiger partial charge in [0.1, 0.15) is 11.1 Å². The Bertz CT molecular complexity index is 608. The molecule has 0 N–H and O–H groups in total. The van der Waals surface area contributed by atoms with E-state index in [-0.39, 0.29) is 0 Å². The lowest BCUT2D eigenvalue weighted by Crippen LogP contribution is -1.95. The van der Waals surface area contributed by atoms with Crippen molar-refractivity contribution in [3.8, 4) is 33.9 Å². The van der Waals surface area contributed by atoms with Crippen LogP contribution in [0.5, 0.6) is 17.2 Å². The van der Waals surface area contributed by atoms with Gasteiger partial charge in [0.2, 0.25) is 10.8 Å². The molecule has 0 bridgehead atoms. The number of aromatic nitrogens is 2. The van der Waals surface area contributed by atoms with E-state index in [4.69, 9.17) is 19.5 Å². The molecule has 0 atom stereocenters. The Morgan fingerprint density at radius 2 is 1.68 bits per heavy atom. The minimum atomic E-state index is 0.309. The molecule has 1 heterocycles. The summed E-state index contributed by atoms with van der Waals surface area (Å²) < 4.78 is 15.8. The van der Waals surface area contributed by atoms with Crippen LogP contribution in [0, 0.1) is 11.3 Å². The summed E-state index contributed by atoms with van der Waals surface area (Å²) in [6, 6.07) is 5.49. The van der Waals surface area contributed by atoms with E-state index in [0.717, 1.165) is 5.56 Å². The second-order valence-electron chi connectivity index (χ2n) is 3.44. The second kappa shape index (κ2) is 5.54. The molecule has 0 amide bonds. The summed E-state index contributed by atoms with van der Waals surface area (Å²) in [6.45, 7) is 0. The van der Waals surface area contributed by atoms with E-state index < -0.39 is 0 Å². The van der Waals surface area contributed by atoms with Crippen LogP contribution in [-0.2, 0) is 0 Å². The maximum Gasteiger partial charge on any atom is 0.218 e. The van der Waals surface area contributed by atoms with Gasteiger partial charge < -0.3 is 14.2 Å². The number of nitrogens with zero attached hydrogens (tertiary/aromatic N) is 3. The summed E-state index contributed by atoms with van der Waals surface area (Å²) in [5.74, 6) is 1.58. The average Bonchev–Trinajstić information content (AvgIpc) is 2.94. The standard InChI is InChI=1S/C12H11N3O3S/c1-16-8-4-7(5-9(17-2)11(8)18-3)12-15-14-10(6-13)19-12/h4-5H,1-3H3. The summed E-state index contributed by atoms with van der Waals surface area (Å²) in [5, 5.41) is 17.4. The molecule has 98 valence electrons. The van der Waals surface area contributed by atoms with Crippen molar-refractivity contribution in [1.82, 2.24) is 10.2 Å². The van der Waals surface area contributed by atoms with Crippen molar-refractivity contribution in [2.75, 3.05) is 21.3 Å². The van der Waals surface area contributed by atoms with Gasteiger partial charge in [-0.3, -0.25) is 0 Å². The van der Waals surface area contributed by atoms with Gasteiger partial charge in [0.15, 0.2) is 11.5 Å². The molecule has 19 heavy (non-hydrogen) atoms. The Kier molecular flexibility index (Phi) is 3.82. The largest absolute Gasteiger partial charge is 0.493 e. The van der Waals surface area contributed by atoms with E-state index >= 15 is 0 Å². The van der Waals surface area contributed by atoms with E-state index in [1.807, 2.05) is 6.07 Å². The molecule has 1 aromatic carbocycles. The fourth-order valence-corrected chi connectivity index (χ4v) is 2.22. The Labute approximate surface area is 114 Å². The van der Waals surface area contributed by atoms with Gasteiger partial charge in [0.05, 0.1) is 21.3 Å². The fraction of sp³-hybridized carbons (Fsp3) is 0.250.